The quantitative estimate of drug-likeness (QED) is 0.814. The molecule has 1 atom stereocenters. The van der Waals surface area contributed by atoms with Crippen LogP contribution in [0.4, 0.5) is 4.39 Å². The Morgan fingerprint density at radius 1 is 1.40 bits per heavy atom. The van der Waals surface area contributed by atoms with Crippen LogP contribution in [0.2, 0.25) is 0 Å². The maximum atomic E-state index is 13.7. The largest absolute Gasteiger partial charge is 0.345 e. The van der Waals surface area contributed by atoms with Crippen LogP contribution >= 0.6 is 0 Å². The van der Waals surface area contributed by atoms with Crippen molar-refractivity contribution in [3.8, 4) is 11.4 Å². The highest BCUT2D eigenvalue weighted by Crippen LogP contribution is 2.29. The molecule has 0 bridgehead atoms. The number of halogens is 1. The highest BCUT2D eigenvalue weighted by molar-refractivity contribution is 5.60. The van der Waals surface area contributed by atoms with E-state index >= 15 is 0 Å². The summed E-state index contributed by atoms with van der Waals surface area (Å²) in [5.74, 6) is 0.724. The van der Waals surface area contributed by atoms with Gasteiger partial charge in [-0.3, -0.25) is 0 Å². The van der Waals surface area contributed by atoms with Crippen LogP contribution in [0, 0.1) is 0 Å². The van der Waals surface area contributed by atoms with Crippen molar-refractivity contribution in [3.63, 3.8) is 0 Å². The second-order valence-electron chi connectivity index (χ2n) is 3.40. The molecule has 1 aromatic heterocycles. The minimum atomic E-state index is -0.925. The van der Waals surface area contributed by atoms with E-state index in [4.69, 9.17) is 0 Å². The summed E-state index contributed by atoms with van der Waals surface area (Å²) in [5.41, 5.74) is 1.55. The fourth-order valence-corrected chi connectivity index (χ4v) is 1.62. The smallest absolute Gasteiger partial charge is 0.137 e. The van der Waals surface area contributed by atoms with Gasteiger partial charge in [-0.05, 0) is 12.0 Å². The summed E-state index contributed by atoms with van der Waals surface area (Å²) in [7, 11) is 0. The summed E-state index contributed by atoms with van der Waals surface area (Å²) in [5, 5.41) is 0. The van der Waals surface area contributed by atoms with Crippen LogP contribution in [0.5, 0.6) is 0 Å². The van der Waals surface area contributed by atoms with Gasteiger partial charge >= 0.3 is 0 Å². The summed E-state index contributed by atoms with van der Waals surface area (Å²) < 4.78 is 13.7. The molecule has 2 aromatic rings. The lowest BCUT2D eigenvalue weighted by atomic mass is 10.0. The van der Waals surface area contributed by atoms with Gasteiger partial charge in [0.1, 0.15) is 12.0 Å². The zero-order valence-corrected chi connectivity index (χ0v) is 8.57. The van der Waals surface area contributed by atoms with E-state index in [-0.39, 0.29) is 0 Å². The van der Waals surface area contributed by atoms with Gasteiger partial charge in [-0.15, -0.1) is 0 Å². The summed E-state index contributed by atoms with van der Waals surface area (Å²) in [6.45, 7) is 1.84. The van der Waals surface area contributed by atoms with Crippen molar-refractivity contribution in [1.29, 1.82) is 0 Å². The van der Waals surface area contributed by atoms with Crippen LogP contribution in [0.25, 0.3) is 11.4 Å². The molecular weight excluding hydrogens is 191 g/mol. The molecule has 0 radical (unpaired) electrons. The Bertz CT molecular complexity index is 423. The minimum Gasteiger partial charge on any atom is -0.345 e. The van der Waals surface area contributed by atoms with E-state index in [9.17, 15) is 4.39 Å². The number of imidazole rings is 1. The van der Waals surface area contributed by atoms with Gasteiger partial charge in [-0.2, -0.15) is 0 Å². The molecule has 0 spiro atoms. The Morgan fingerprint density at radius 3 is 2.87 bits per heavy atom. The molecular formula is C12H13FN2. The van der Waals surface area contributed by atoms with Gasteiger partial charge in [0.15, 0.2) is 0 Å². The molecule has 0 aliphatic heterocycles. The van der Waals surface area contributed by atoms with Crippen molar-refractivity contribution in [1.82, 2.24) is 9.97 Å². The SMILES string of the molecule is CCC(F)c1ccccc1-c1ncc[nH]1. The number of nitrogens with one attached hydrogen (secondary N) is 1. The van der Waals surface area contributed by atoms with Gasteiger partial charge in [0, 0.05) is 18.0 Å². The number of rotatable bonds is 3. The molecule has 0 saturated heterocycles. The fraction of sp³-hybridized carbons (Fsp3) is 0.250. The monoisotopic (exact) mass is 204 g/mol. The highest BCUT2D eigenvalue weighted by atomic mass is 19.1. The van der Waals surface area contributed by atoms with E-state index in [1.807, 2.05) is 31.2 Å². The Labute approximate surface area is 88.2 Å². The van der Waals surface area contributed by atoms with Crippen LogP contribution in [0.1, 0.15) is 25.1 Å². The summed E-state index contributed by atoms with van der Waals surface area (Å²) in [6, 6.07) is 7.44. The minimum absolute atomic E-state index is 0.484. The predicted octanol–water partition coefficient (Wildman–Crippen LogP) is 3.50. The van der Waals surface area contributed by atoms with Gasteiger partial charge in [0.05, 0.1) is 0 Å². The number of aromatic amines is 1. The van der Waals surface area contributed by atoms with Crippen molar-refractivity contribution in [3.05, 3.63) is 42.2 Å². The van der Waals surface area contributed by atoms with Gasteiger partial charge in [-0.25, -0.2) is 9.37 Å². The third kappa shape index (κ3) is 1.91. The Balaban J connectivity index is 2.47. The molecule has 0 aliphatic carbocycles. The first-order chi connectivity index (χ1) is 7.33. The summed E-state index contributed by atoms with van der Waals surface area (Å²) in [4.78, 5) is 7.14. The standard InChI is InChI=1S/C12H13FN2/c1-2-11(13)9-5-3-4-6-10(9)12-14-7-8-15-12/h3-8,11H,2H2,1H3,(H,14,15). The molecule has 3 heteroatoms. The Kier molecular flexibility index (Phi) is 2.81. The molecule has 1 aromatic carbocycles. The maximum Gasteiger partial charge on any atom is 0.137 e. The van der Waals surface area contributed by atoms with Crippen LogP contribution in [0.3, 0.4) is 0 Å². The van der Waals surface area contributed by atoms with Crippen molar-refractivity contribution < 1.29 is 4.39 Å². The molecule has 1 N–H and O–H groups in total. The van der Waals surface area contributed by atoms with E-state index in [0.29, 0.717) is 12.0 Å². The average molecular weight is 204 g/mol. The van der Waals surface area contributed by atoms with Gasteiger partial charge < -0.3 is 4.98 Å². The highest BCUT2D eigenvalue weighted by Gasteiger charge is 2.13. The van der Waals surface area contributed by atoms with Crippen LogP contribution < -0.4 is 0 Å². The molecule has 2 rings (SSSR count). The topological polar surface area (TPSA) is 28.7 Å². The van der Waals surface area contributed by atoms with Crippen LogP contribution in [-0.4, -0.2) is 9.97 Å². The molecule has 0 amide bonds. The molecule has 78 valence electrons. The maximum absolute atomic E-state index is 13.7. The Morgan fingerprint density at radius 2 is 2.20 bits per heavy atom. The first-order valence-corrected chi connectivity index (χ1v) is 5.05. The van der Waals surface area contributed by atoms with Gasteiger partial charge in [0.25, 0.3) is 0 Å². The molecule has 15 heavy (non-hydrogen) atoms. The van der Waals surface area contributed by atoms with Crippen molar-refractivity contribution >= 4 is 0 Å². The van der Waals surface area contributed by atoms with E-state index in [0.717, 1.165) is 11.4 Å². The molecule has 0 saturated carbocycles. The lowest BCUT2D eigenvalue weighted by Crippen LogP contribution is -1.94. The molecule has 0 fully saturated rings. The lowest BCUT2D eigenvalue weighted by molar-refractivity contribution is 0.335. The summed E-state index contributed by atoms with van der Waals surface area (Å²) in [6.07, 6.45) is 2.97. The molecule has 1 unspecified atom stereocenters. The first kappa shape index (κ1) is 9.90. The second-order valence-corrected chi connectivity index (χ2v) is 3.40. The number of H-pyrrole nitrogens is 1. The first-order valence-electron chi connectivity index (χ1n) is 5.05. The number of nitrogens with zero attached hydrogens (tertiary/aromatic N) is 1. The number of hydrogen-bond acceptors (Lipinski definition) is 1. The van der Waals surface area contributed by atoms with E-state index in [1.165, 1.54) is 0 Å². The van der Waals surface area contributed by atoms with Crippen molar-refractivity contribution in [2.24, 2.45) is 0 Å². The van der Waals surface area contributed by atoms with Crippen molar-refractivity contribution in [2.45, 2.75) is 19.5 Å². The van der Waals surface area contributed by atoms with Crippen LogP contribution in [0.15, 0.2) is 36.7 Å². The van der Waals surface area contributed by atoms with Crippen molar-refractivity contribution in [2.75, 3.05) is 0 Å². The fourth-order valence-electron chi connectivity index (χ4n) is 1.62. The lowest BCUT2D eigenvalue weighted by Gasteiger charge is -2.10. The zero-order chi connectivity index (χ0) is 10.7. The van der Waals surface area contributed by atoms with E-state index < -0.39 is 6.17 Å². The van der Waals surface area contributed by atoms with Gasteiger partial charge in [-0.1, -0.05) is 31.2 Å². The molecule has 2 nitrogen and oxygen atoms in total. The second kappa shape index (κ2) is 4.26. The number of aromatic nitrogens is 2. The molecule has 0 aliphatic rings. The number of alkyl halides is 1. The predicted molar refractivity (Wildman–Crippen MR) is 58.2 cm³/mol. The molecule has 1 heterocycles. The summed E-state index contributed by atoms with van der Waals surface area (Å²) >= 11 is 0. The van der Waals surface area contributed by atoms with Gasteiger partial charge in [0.2, 0.25) is 0 Å². The average Bonchev–Trinajstić information content (AvgIpc) is 2.81. The Hall–Kier alpha value is -1.64. The third-order valence-corrected chi connectivity index (χ3v) is 2.41. The number of benzene rings is 1. The van der Waals surface area contributed by atoms with Crippen LogP contribution in [-0.2, 0) is 0 Å². The normalized spacial score (nSPS) is 12.7. The number of hydrogen-bond donors (Lipinski definition) is 1. The zero-order valence-electron chi connectivity index (χ0n) is 8.57. The third-order valence-electron chi connectivity index (χ3n) is 2.41. The van der Waals surface area contributed by atoms with E-state index in [1.54, 1.807) is 12.4 Å². The van der Waals surface area contributed by atoms with E-state index in [2.05, 4.69) is 9.97 Å².